The van der Waals surface area contributed by atoms with Crippen molar-refractivity contribution in [2.24, 2.45) is 15.3 Å². The first-order valence-electron chi connectivity index (χ1n) is 11.2. The van der Waals surface area contributed by atoms with Crippen molar-refractivity contribution in [2.75, 3.05) is 33.1 Å². The van der Waals surface area contributed by atoms with E-state index in [1.54, 1.807) is 30.6 Å². The molecular weight excluding hydrogens is 520 g/mol. The molecule has 184 valence electrons. The van der Waals surface area contributed by atoms with Crippen LogP contribution in [0, 0.1) is 12.8 Å². The van der Waals surface area contributed by atoms with Gasteiger partial charge in [0.1, 0.15) is 5.75 Å². The van der Waals surface area contributed by atoms with Crippen molar-refractivity contribution in [1.82, 2.24) is 9.88 Å². The Labute approximate surface area is 210 Å². The summed E-state index contributed by atoms with van der Waals surface area (Å²) in [6.07, 6.45) is 5.19. The van der Waals surface area contributed by atoms with Gasteiger partial charge in [-0.3, -0.25) is 4.79 Å². The minimum absolute atomic E-state index is 0.233. The van der Waals surface area contributed by atoms with Gasteiger partial charge in [0.2, 0.25) is 5.88 Å². The molecule has 0 N–H and O–H groups in total. The number of ether oxygens (including phenoxy) is 2. The van der Waals surface area contributed by atoms with Crippen LogP contribution in [-0.2, 0) is 19.3 Å². The van der Waals surface area contributed by atoms with Gasteiger partial charge < -0.3 is 14.4 Å². The van der Waals surface area contributed by atoms with Crippen LogP contribution in [-0.4, -0.2) is 59.4 Å². The maximum absolute atomic E-state index is 13.2. The number of nitrogens with zero attached hydrogens (tertiary/aromatic N) is 4. The van der Waals surface area contributed by atoms with E-state index in [1.807, 2.05) is 31.9 Å². The molecule has 1 aliphatic heterocycles. The number of aromatic nitrogens is 1. The lowest BCUT2D eigenvalue weighted by molar-refractivity contribution is -0.119. The van der Waals surface area contributed by atoms with Gasteiger partial charge in [-0.2, -0.15) is 4.36 Å². The molecule has 0 radical (unpaired) electrons. The maximum atomic E-state index is 13.2. The second kappa shape index (κ2) is 11.9. The zero-order chi connectivity index (χ0) is 24.7. The van der Waals surface area contributed by atoms with Gasteiger partial charge in [0.05, 0.1) is 36.8 Å². The summed E-state index contributed by atoms with van der Waals surface area (Å²) < 4.78 is 29.2. The minimum Gasteiger partial charge on any atom is -0.438 e. The predicted octanol–water partition coefficient (Wildman–Crippen LogP) is 5.36. The maximum Gasteiger partial charge on any atom is 0.254 e. The summed E-state index contributed by atoms with van der Waals surface area (Å²) in [5.41, 5.74) is 1.44. The number of halogens is 1. The standard InChI is InChI=1S/C24H31BrN4O4S/c1-5-29(3)16-26-22-15-21(25)24(27-17(22)2)33-19-7-6-8-20(14-19)34(4,31)28-23(30)13-18-9-11-32-12-10-18/h6-8,14-16,18H,5,9-13H2,1-4H3/b26-16+. The molecule has 0 aliphatic carbocycles. The van der Waals surface area contributed by atoms with E-state index in [0.717, 1.165) is 25.1 Å². The summed E-state index contributed by atoms with van der Waals surface area (Å²) in [6, 6.07) is 8.64. The first-order valence-corrected chi connectivity index (χ1v) is 13.9. The monoisotopic (exact) mass is 550 g/mol. The smallest absolute Gasteiger partial charge is 0.254 e. The normalized spacial score (nSPS) is 16.3. The van der Waals surface area contributed by atoms with Crippen molar-refractivity contribution < 1.29 is 18.5 Å². The van der Waals surface area contributed by atoms with Crippen LogP contribution < -0.4 is 4.74 Å². The summed E-state index contributed by atoms with van der Waals surface area (Å²) in [6.45, 7) is 6.07. The van der Waals surface area contributed by atoms with E-state index >= 15 is 0 Å². The number of carbonyl (C=O) groups excluding carboxylic acids is 1. The molecule has 1 amide bonds. The van der Waals surface area contributed by atoms with Crippen LogP contribution in [0.15, 0.2) is 49.1 Å². The van der Waals surface area contributed by atoms with Crippen molar-refractivity contribution >= 4 is 43.6 Å². The number of pyridine rings is 1. The van der Waals surface area contributed by atoms with Crippen molar-refractivity contribution in [3.63, 3.8) is 0 Å². The molecule has 10 heteroatoms. The molecule has 0 saturated carbocycles. The lowest BCUT2D eigenvalue weighted by atomic mass is 9.96. The summed E-state index contributed by atoms with van der Waals surface area (Å²) in [4.78, 5) is 23.8. The van der Waals surface area contributed by atoms with Gasteiger partial charge in [-0.1, -0.05) is 6.07 Å². The molecule has 3 rings (SSSR count). The highest BCUT2D eigenvalue weighted by atomic mass is 79.9. The van der Waals surface area contributed by atoms with Crippen LogP contribution in [0.25, 0.3) is 0 Å². The quantitative estimate of drug-likeness (QED) is 0.324. The Balaban J connectivity index is 1.77. The predicted molar refractivity (Wildman–Crippen MR) is 138 cm³/mol. The second-order valence-corrected chi connectivity index (χ2v) is 11.4. The Morgan fingerprint density at radius 3 is 2.79 bits per heavy atom. The number of hydrogen-bond donors (Lipinski definition) is 0. The molecule has 1 unspecified atom stereocenters. The van der Waals surface area contributed by atoms with Crippen LogP contribution in [0.4, 0.5) is 5.69 Å². The van der Waals surface area contributed by atoms with Gasteiger partial charge in [-0.15, -0.1) is 0 Å². The molecule has 1 aliphatic rings. The molecule has 2 aromatic rings. The number of benzene rings is 1. The highest BCUT2D eigenvalue weighted by Gasteiger charge is 2.19. The molecule has 8 nitrogen and oxygen atoms in total. The van der Waals surface area contributed by atoms with Crippen LogP contribution in [0.1, 0.15) is 31.9 Å². The molecule has 1 atom stereocenters. The van der Waals surface area contributed by atoms with Crippen LogP contribution >= 0.6 is 15.9 Å². The SMILES string of the molecule is CCN(C)/C=N/c1cc(Br)c(Oc2cccc(S(C)(=O)=NC(=O)CC3CCOCC3)c2)nc1C. The van der Waals surface area contributed by atoms with E-state index in [9.17, 15) is 9.00 Å². The fourth-order valence-corrected chi connectivity index (χ4v) is 4.98. The number of aliphatic imine (C=N–C) groups is 1. The van der Waals surface area contributed by atoms with Gasteiger partial charge in [0, 0.05) is 39.5 Å². The summed E-state index contributed by atoms with van der Waals surface area (Å²) >= 11 is 3.50. The lowest BCUT2D eigenvalue weighted by Crippen LogP contribution is -2.18. The molecule has 1 aromatic heterocycles. The minimum atomic E-state index is -2.91. The first kappa shape index (κ1) is 26.3. The van der Waals surface area contributed by atoms with Crippen molar-refractivity contribution in [3.8, 4) is 11.6 Å². The summed E-state index contributed by atoms with van der Waals surface area (Å²) in [5, 5.41) is 0. The van der Waals surface area contributed by atoms with Gasteiger partial charge in [-0.25, -0.2) is 14.2 Å². The molecule has 34 heavy (non-hydrogen) atoms. The highest BCUT2D eigenvalue weighted by Crippen LogP contribution is 2.33. The number of hydrogen-bond acceptors (Lipinski definition) is 6. The van der Waals surface area contributed by atoms with E-state index in [4.69, 9.17) is 9.47 Å². The van der Waals surface area contributed by atoms with Gasteiger partial charge in [0.25, 0.3) is 5.91 Å². The molecule has 1 saturated heterocycles. The fraction of sp³-hybridized carbons (Fsp3) is 0.458. The Morgan fingerprint density at radius 1 is 1.35 bits per heavy atom. The van der Waals surface area contributed by atoms with Crippen molar-refractivity contribution in [3.05, 3.63) is 40.5 Å². The molecule has 2 heterocycles. The van der Waals surface area contributed by atoms with Gasteiger partial charge in [-0.05, 0) is 72.8 Å². The largest absolute Gasteiger partial charge is 0.438 e. The molecule has 0 spiro atoms. The fourth-order valence-electron chi connectivity index (χ4n) is 3.36. The number of amides is 1. The molecule has 1 aromatic carbocycles. The van der Waals surface area contributed by atoms with Gasteiger partial charge >= 0.3 is 0 Å². The van der Waals surface area contributed by atoms with Crippen molar-refractivity contribution in [1.29, 1.82) is 0 Å². The summed E-state index contributed by atoms with van der Waals surface area (Å²) in [7, 11) is -0.963. The molecular formula is C24H31BrN4O4S. The van der Waals surface area contributed by atoms with Gasteiger partial charge in [0.15, 0.2) is 0 Å². The van der Waals surface area contributed by atoms with E-state index in [0.29, 0.717) is 46.3 Å². The Morgan fingerprint density at radius 2 is 2.09 bits per heavy atom. The Hall–Kier alpha value is -2.30. The zero-order valence-corrected chi connectivity index (χ0v) is 22.4. The van der Waals surface area contributed by atoms with Crippen LogP contribution in [0.2, 0.25) is 0 Å². The first-order chi connectivity index (χ1) is 16.2. The van der Waals surface area contributed by atoms with E-state index in [1.165, 1.54) is 6.26 Å². The van der Waals surface area contributed by atoms with E-state index in [-0.39, 0.29) is 11.8 Å². The second-order valence-electron chi connectivity index (χ2n) is 8.32. The Kier molecular flexibility index (Phi) is 9.21. The third kappa shape index (κ3) is 7.35. The molecule has 1 fully saturated rings. The number of rotatable bonds is 8. The third-order valence-corrected chi connectivity index (χ3v) is 7.79. The van der Waals surface area contributed by atoms with Crippen LogP contribution in [0.3, 0.4) is 0 Å². The van der Waals surface area contributed by atoms with E-state index < -0.39 is 9.73 Å². The van der Waals surface area contributed by atoms with Crippen LogP contribution in [0.5, 0.6) is 11.6 Å². The van der Waals surface area contributed by atoms with E-state index in [2.05, 4.69) is 30.3 Å². The average Bonchev–Trinajstić information content (AvgIpc) is 2.80. The third-order valence-electron chi connectivity index (χ3n) is 5.54. The number of carbonyl (C=O) groups is 1. The number of aryl methyl sites for hydroxylation is 1. The molecule has 0 bridgehead atoms. The Bertz CT molecular complexity index is 1170. The topological polar surface area (TPSA) is 93.5 Å². The van der Waals surface area contributed by atoms with Crippen molar-refractivity contribution in [2.45, 2.75) is 38.0 Å². The lowest BCUT2D eigenvalue weighted by Gasteiger charge is -2.20. The highest BCUT2D eigenvalue weighted by molar-refractivity contribution is 9.10. The zero-order valence-electron chi connectivity index (χ0n) is 20.0. The average molecular weight is 552 g/mol. The summed E-state index contributed by atoms with van der Waals surface area (Å²) in [5.74, 6) is 0.716.